The number of aliphatic hydroxyl groups is 1. The maximum absolute atomic E-state index is 9.67. The Kier molecular flexibility index (Phi) is 4.97. The summed E-state index contributed by atoms with van der Waals surface area (Å²) in [6, 6.07) is 8.18. The Labute approximate surface area is 104 Å². The average Bonchev–Trinajstić information content (AvgIpc) is 2.26. The first-order chi connectivity index (χ1) is 7.94. The standard InChI is InChI=1S/C14H23NO2/c1-5-15-11(2)12-8-6-7-9-13(12)17-10-14(3,4)16/h6-9,11,15-16H,5,10H2,1-4H3. The van der Waals surface area contributed by atoms with Crippen molar-refractivity contribution in [2.24, 2.45) is 0 Å². The Morgan fingerprint density at radius 1 is 1.35 bits per heavy atom. The molecular weight excluding hydrogens is 214 g/mol. The van der Waals surface area contributed by atoms with E-state index in [0.717, 1.165) is 17.9 Å². The van der Waals surface area contributed by atoms with Gasteiger partial charge in [-0.05, 0) is 33.4 Å². The molecule has 0 saturated heterocycles. The zero-order valence-corrected chi connectivity index (χ0v) is 11.2. The van der Waals surface area contributed by atoms with Gasteiger partial charge in [-0.2, -0.15) is 0 Å². The van der Waals surface area contributed by atoms with Gasteiger partial charge in [-0.25, -0.2) is 0 Å². The van der Waals surface area contributed by atoms with Crippen molar-refractivity contribution in [2.45, 2.75) is 39.3 Å². The quantitative estimate of drug-likeness (QED) is 0.798. The van der Waals surface area contributed by atoms with Gasteiger partial charge in [0.15, 0.2) is 0 Å². The smallest absolute Gasteiger partial charge is 0.124 e. The van der Waals surface area contributed by atoms with E-state index in [2.05, 4.69) is 19.2 Å². The molecule has 2 N–H and O–H groups in total. The average molecular weight is 237 g/mol. The number of ether oxygens (including phenoxy) is 1. The van der Waals surface area contributed by atoms with Gasteiger partial charge in [-0.3, -0.25) is 0 Å². The molecule has 0 aromatic heterocycles. The van der Waals surface area contributed by atoms with E-state index in [-0.39, 0.29) is 6.04 Å². The highest BCUT2D eigenvalue weighted by atomic mass is 16.5. The fourth-order valence-electron chi connectivity index (χ4n) is 1.64. The van der Waals surface area contributed by atoms with E-state index < -0.39 is 5.60 Å². The predicted molar refractivity (Wildman–Crippen MR) is 70.3 cm³/mol. The minimum absolute atomic E-state index is 0.248. The number of rotatable bonds is 6. The monoisotopic (exact) mass is 237 g/mol. The van der Waals surface area contributed by atoms with Crippen molar-refractivity contribution in [3.05, 3.63) is 29.8 Å². The van der Waals surface area contributed by atoms with Gasteiger partial charge in [0.2, 0.25) is 0 Å². The highest BCUT2D eigenvalue weighted by Gasteiger charge is 2.16. The molecule has 96 valence electrons. The number of benzene rings is 1. The molecule has 0 heterocycles. The fourth-order valence-corrected chi connectivity index (χ4v) is 1.64. The van der Waals surface area contributed by atoms with Crippen LogP contribution in [0.3, 0.4) is 0 Å². The van der Waals surface area contributed by atoms with Gasteiger partial charge in [-0.1, -0.05) is 25.1 Å². The van der Waals surface area contributed by atoms with E-state index in [1.54, 1.807) is 13.8 Å². The van der Waals surface area contributed by atoms with Crippen LogP contribution in [0.5, 0.6) is 5.75 Å². The van der Waals surface area contributed by atoms with E-state index in [4.69, 9.17) is 4.74 Å². The van der Waals surface area contributed by atoms with Crippen molar-refractivity contribution >= 4 is 0 Å². The van der Waals surface area contributed by atoms with Crippen molar-refractivity contribution in [2.75, 3.05) is 13.2 Å². The molecule has 17 heavy (non-hydrogen) atoms. The summed E-state index contributed by atoms with van der Waals surface area (Å²) in [5, 5.41) is 13.0. The van der Waals surface area contributed by atoms with Crippen molar-refractivity contribution in [1.82, 2.24) is 5.32 Å². The normalized spacial score (nSPS) is 13.5. The van der Waals surface area contributed by atoms with Crippen molar-refractivity contribution < 1.29 is 9.84 Å². The molecule has 0 amide bonds. The summed E-state index contributed by atoms with van der Waals surface area (Å²) in [6.45, 7) is 8.88. The minimum Gasteiger partial charge on any atom is -0.490 e. The second-order valence-electron chi connectivity index (χ2n) is 4.92. The molecule has 0 aliphatic rings. The Morgan fingerprint density at radius 3 is 2.59 bits per heavy atom. The second kappa shape index (κ2) is 6.03. The van der Waals surface area contributed by atoms with Crippen LogP contribution < -0.4 is 10.1 Å². The first kappa shape index (κ1) is 14.0. The Morgan fingerprint density at radius 2 is 2.00 bits per heavy atom. The van der Waals surface area contributed by atoms with E-state index in [9.17, 15) is 5.11 Å². The molecule has 0 bridgehead atoms. The zero-order chi connectivity index (χ0) is 12.9. The first-order valence-electron chi connectivity index (χ1n) is 6.11. The molecule has 3 nitrogen and oxygen atoms in total. The van der Waals surface area contributed by atoms with Crippen LogP contribution in [-0.2, 0) is 0 Å². The third-order valence-electron chi connectivity index (χ3n) is 2.48. The van der Waals surface area contributed by atoms with Gasteiger partial charge in [0, 0.05) is 11.6 Å². The van der Waals surface area contributed by atoms with Gasteiger partial charge in [0.25, 0.3) is 0 Å². The molecule has 0 aliphatic carbocycles. The molecule has 0 spiro atoms. The molecule has 1 aromatic carbocycles. The number of hydrogen-bond donors (Lipinski definition) is 2. The fraction of sp³-hybridized carbons (Fsp3) is 0.571. The zero-order valence-electron chi connectivity index (χ0n) is 11.2. The maximum atomic E-state index is 9.67. The van der Waals surface area contributed by atoms with Crippen LogP contribution in [-0.4, -0.2) is 23.9 Å². The number of para-hydroxylation sites is 1. The van der Waals surface area contributed by atoms with Crippen molar-refractivity contribution in [3.8, 4) is 5.75 Å². The minimum atomic E-state index is -0.811. The first-order valence-corrected chi connectivity index (χ1v) is 6.11. The van der Waals surface area contributed by atoms with Gasteiger partial charge in [0.1, 0.15) is 12.4 Å². The summed E-state index contributed by atoms with van der Waals surface area (Å²) < 4.78 is 5.68. The Hall–Kier alpha value is -1.06. The third-order valence-corrected chi connectivity index (χ3v) is 2.48. The molecular formula is C14H23NO2. The van der Waals surface area contributed by atoms with Crippen molar-refractivity contribution in [1.29, 1.82) is 0 Å². The molecule has 1 aromatic rings. The molecule has 0 radical (unpaired) electrons. The Bertz CT molecular complexity index is 344. The van der Waals surface area contributed by atoms with E-state index >= 15 is 0 Å². The molecule has 1 rings (SSSR count). The lowest BCUT2D eigenvalue weighted by Crippen LogP contribution is -2.28. The van der Waals surface area contributed by atoms with Gasteiger partial charge >= 0.3 is 0 Å². The lowest BCUT2D eigenvalue weighted by atomic mass is 10.1. The summed E-state index contributed by atoms with van der Waals surface area (Å²) in [6.07, 6.45) is 0. The van der Waals surface area contributed by atoms with Crippen LogP contribution in [0.1, 0.15) is 39.3 Å². The predicted octanol–water partition coefficient (Wildman–Crippen LogP) is 2.51. The third kappa shape index (κ3) is 4.75. The van der Waals surface area contributed by atoms with Gasteiger partial charge in [0.05, 0.1) is 5.60 Å². The summed E-state index contributed by atoms with van der Waals surface area (Å²) in [7, 11) is 0. The molecule has 0 saturated carbocycles. The number of nitrogens with one attached hydrogen (secondary N) is 1. The van der Waals surface area contributed by atoms with Crippen molar-refractivity contribution in [3.63, 3.8) is 0 Å². The maximum Gasteiger partial charge on any atom is 0.124 e. The molecule has 3 heteroatoms. The summed E-state index contributed by atoms with van der Waals surface area (Å²) in [5.74, 6) is 0.836. The lowest BCUT2D eigenvalue weighted by Gasteiger charge is -2.21. The number of hydrogen-bond acceptors (Lipinski definition) is 3. The SMILES string of the molecule is CCNC(C)c1ccccc1OCC(C)(C)O. The molecule has 1 unspecified atom stereocenters. The van der Waals surface area contributed by atoms with Crippen LogP contribution in [0.15, 0.2) is 24.3 Å². The van der Waals surface area contributed by atoms with E-state index in [1.165, 1.54) is 0 Å². The Balaban J connectivity index is 2.77. The summed E-state index contributed by atoms with van der Waals surface area (Å²) in [5.41, 5.74) is 0.313. The summed E-state index contributed by atoms with van der Waals surface area (Å²) >= 11 is 0. The summed E-state index contributed by atoms with van der Waals surface area (Å²) in [4.78, 5) is 0. The van der Waals surface area contributed by atoms with Gasteiger partial charge < -0.3 is 15.2 Å². The van der Waals surface area contributed by atoms with Crippen LogP contribution in [0.2, 0.25) is 0 Å². The highest BCUT2D eigenvalue weighted by Crippen LogP contribution is 2.25. The second-order valence-corrected chi connectivity index (χ2v) is 4.92. The highest BCUT2D eigenvalue weighted by molar-refractivity contribution is 5.35. The van der Waals surface area contributed by atoms with Gasteiger partial charge in [-0.15, -0.1) is 0 Å². The van der Waals surface area contributed by atoms with E-state index in [0.29, 0.717) is 6.61 Å². The van der Waals surface area contributed by atoms with Crippen LogP contribution in [0.4, 0.5) is 0 Å². The molecule has 1 atom stereocenters. The van der Waals surface area contributed by atoms with Crippen LogP contribution in [0.25, 0.3) is 0 Å². The van der Waals surface area contributed by atoms with Crippen LogP contribution in [0, 0.1) is 0 Å². The lowest BCUT2D eigenvalue weighted by molar-refractivity contribution is 0.0280. The largest absolute Gasteiger partial charge is 0.490 e. The topological polar surface area (TPSA) is 41.5 Å². The molecule has 0 aliphatic heterocycles. The molecule has 0 fully saturated rings. The van der Waals surface area contributed by atoms with E-state index in [1.807, 2.05) is 24.3 Å². The van der Waals surface area contributed by atoms with Crippen LogP contribution >= 0.6 is 0 Å².